The van der Waals surface area contributed by atoms with Crippen molar-refractivity contribution in [3.63, 3.8) is 0 Å². The van der Waals surface area contributed by atoms with Crippen molar-refractivity contribution < 1.29 is 9.59 Å². The Hall–Kier alpha value is -1.10. The van der Waals surface area contributed by atoms with Crippen molar-refractivity contribution in [2.24, 2.45) is 11.8 Å². The summed E-state index contributed by atoms with van der Waals surface area (Å²) in [7, 11) is 0. The molecule has 0 spiro atoms. The van der Waals surface area contributed by atoms with E-state index in [1.54, 1.807) is 6.92 Å². The number of carbonyl (C=O) groups is 2. The van der Waals surface area contributed by atoms with Gasteiger partial charge in [0.05, 0.1) is 6.04 Å². The average molecular weight is 281 g/mol. The highest BCUT2D eigenvalue weighted by Gasteiger charge is 2.42. The van der Waals surface area contributed by atoms with Crippen molar-refractivity contribution in [3.8, 4) is 0 Å². The predicted molar refractivity (Wildman–Crippen MR) is 78.1 cm³/mol. The summed E-state index contributed by atoms with van der Waals surface area (Å²) in [5.41, 5.74) is -0.280. The summed E-state index contributed by atoms with van der Waals surface area (Å²) in [5, 5.41) is 9.04. The number of amides is 2. The molecule has 5 nitrogen and oxygen atoms in total. The average Bonchev–Trinajstić information content (AvgIpc) is 2.87. The normalized spacial score (nSPS) is 30.7. The second-order valence-corrected chi connectivity index (χ2v) is 7.21. The molecule has 0 aromatic rings. The Morgan fingerprint density at radius 1 is 1.25 bits per heavy atom. The summed E-state index contributed by atoms with van der Waals surface area (Å²) in [4.78, 5) is 24.3. The molecular weight excluding hydrogens is 254 g/mol. The number of hydrogen-bond acceptors (Lipinski definition) is 3. The van der Waals surface area contributed by atoms with Gasteiger partial charge in [-0.05, 0) is 58.9 Å². The van der Waals surface area contributed by atoms with Crippen LogP contribution in [0.5, 0.6) is 0 Å². The zero-order valence-electron chi connectivity index (χ0n) is 13.0. The second-order valence-electron chi connectivity index (χ2n) is 7.21. The maximum Gasteiger partial charge on any atom is 0.242 e. The number of fused-ring (bicyclic) bond motifs is 1. The van der Waals surface area contributed by atoms with E-state index in [4.69, 9.17) is 0 Å². The molecule has 4 atom stereocenters. The number of hydrogen-bond donors (Lipinski definition) is 3. The third-order valence-corrected chi connectivity index (χ3v) is 4.28. The van der Waals surface area contributed by atoms with E-state index in [0.29, 0.717) is 11.8 Å². The van der Waals surface area contributed by atoms with Crippen LogP contribution >= 0.6 is 0 Å². The van der Waals surface area contributed by atoms with Gasteiger partial charge in [-0.3, -0.25) is 9.59 Å². The molecule has 0 radical (unpaired) electrons. The summed E-state index contributed by atoms with van der Waals surface area (Å²) >= 11 is 0. The Bertz CT molecular complexity index is 389. The molecule has 2 rings (SSSR count). The highest BCUT2D eigenvalue weighted by molar-refractivity contribution is 5.90. The molecule has 20 heavy (non-hydrogen) atoms. The molecule has 1 saturated heterocycles. The smallest absolute Gasteiger partial charge is 0.242 e. The first-order valence-corrected chi connectivity index (χ1v) is 7.64. The first kappa shape index (κ1) is 15.3. The molecule has 1 aliphatic carbocycles. The van der Waals surface area contributed by atoms with Crippen LogP contribution in [0, 0.1) is 11.8 Å². The van der Waals surface area contributed by atoms with E-state index in [1.807, 2.05) is 20.8 Å². The lowest BCUT2D eigenvalue weighted by Crippen LogP contribution is -2.54. The van der Waals surface area contributed by atoms with Gasteiger partial charge in [0, 0.05) is 5.54 Å². The largest absolute Gasteiger partial charge is 0.350 e. The SMILES string of the molecule is CC(NC(=O)C1NCC2CCCC21)C(=O)NC(C)(C)C. The summed E-state index contributed by atoms with van der Waals surface area (Å²) in [6, 6.07) is -0.614. The fraction of sp³-hybridized carbons (Fsp3) is 0.867. The summed E-state index contributed by atoms with van der Waals surface area (Å²) < 4.78 is 0. The number of carbonyl (C=O) groups excluding carboxylic acids is 2. The summed E-state index contributed by atoms with van der Waals surface area (Å²) in [6.07, 6.45) is 3.57. The van der Waals surface area contributed by atoms with E-state index in [-0.39, 0.29) is 23.4 Å². The zero-order chi connectivity index (χ0) is 14.9. The lowest BCUT2D eigenvalue weighted by atomic mass is 9.93. The van der Waals surface area contributed by atoms with Gasteiger partial charge in [0.1, 0.15) is 6.04 Å². The molecular formula is C15H27N3O2. The van der Waals surface area contributed by atoms with Crippen LogP contribution in [0.2, 0.25) is 0 Å². The van der Waals surface area contributed by atoms with Crippen molar-refractivity contribution in [2.45, 2.75) is 64.6 Å². The van der Waals surface area contributed by atoms with Crippen LogP contribution in [-0.4, -0.2) is 36.0 Å². The van der Waals surface area contributed by atoms with E-state index < -0.39 is 6.04 Å². The van der Waals surface area contributed by atoms with Crippen molar-refractivity contribution in [2.75, 3.05) is 6.54 Å². The van der Waals surface area contributed by atoms with Crippen molar-refractivity contribution >= 4 is 11.8 Å². The van der Waals surface area contributed by atoms with Gasteiger partial charge in [0.15, 0.2) is 0 Å². The molecule has 4 unspecified atom stereocenters. The van der Waals surface area contributed by atoms with Crippen LogP contribution in [0.15, 0.2) is 0 Å². The van der Waals surface area contributed by atoms with Gasteiger partial charge in [-0.2, -0.15) is 0 Å². The number of rotatable bonds is 3. The molecule has 2 amide bonds. The second kappa shape index (κ2) is 5.72. The molecule has 3 N–H and O–H groups in total. The van der Waals surface area contributed by atoms with E-state index in [2.05, 4.69) is 16.0 Å². The monoisotopic (exact) mass is 281 g/mol. The molecule has 1 aliphatic heterocycles. The standard InChI is InChI=1S/C15H27N3O2/c1-9(13(19)18-15(2,3)4)17-14(20)12-11-7-5-6-10(11)8-16-12/h9-12,16H,5-8H2,1-4H3,(H,17,20)(H,18,19). The Kier molecular flexibility index (Phi) is 4.37. The lowest BCUT2D eigenvalue weighted by molar-refractivity contribution is -0.130. The quantitative estimate of drug-likeness (QED) is 0.716. The molecule has 1 saturated carbocycles. The van der Waals surface area contributed by atoms with Crippen molar-refractivity contribution in [1.29, 1.82) is 0 Å². The topological polar surface area (TPSA) is 70.2 Å². The van der Waals surface area contributed by atoms with Crippen LogP contribution in [0.3, 0.4) is 0 Å². The van der Waals surface area contributed by atoms with Gasteiger partial charge in [-0.1, -0.05) is 6.42 Å². The molecule has 0 bridgehead atoms. The van der Waals surface area contributed by atoms with Crippen LogP contribution in [-0.2, 0) is 9.59 Å². The van der Waals surface area contributed by atoms with Crippen LogP contribution in [0.25, 0.3) is 0 Å². The molecule has 2 fully saturated rings. The van der Waals surface area contributed by atoms with E-state index in [9.17, 15) is 9.59 Å². The van der Waals surface area contributed by atoms with Gasteiger partial charge in [0.25, 0.3) is 0 Å². The van der Waals surface area contributed by atoms with E-state index >= 15 is 0 Å². The zero-order valence-corrected chi connectivity index (χ0v) is 13.0. The van der Waals surface area contributed by atoms with Gasteiger partial charge in [-0.25, -0.2) is 0 Å². The van der Waals surface area contributed by atoms with Gasteiger partial charge >= 0.3 is 0 Å². The first-order valence-electron chi connectivity index (χ1n) is 7.64. The minimum absolute atomic E-state index is 0.0315. The lowest BCUT2D eigenvalue weighted by Gasteiger charge is -2.25. The molecule has 0 aromatic heterocycles. The molecule has 2 aliphatic rings. The first-order chi connectivity index (χ1) is 9.28. The van der Waals surface area contributed by atoms with E-state index in [0.717, 1.165) is 13.0 Å². The van der Waals surface area contributed by atoms with Gasteiger partial charge in [-0.15, -0.1) is 0 Å². The fourth-order valence-electron chi connectivity index (χ4n) is 3.32. The minimum atomic E-state index is -0.496. The van der Waals surface area contributed by atoms with Crippen LogP contribution < -0.4 is 16.0 Å². The summed E-state index contributed by atoms with van der Waals surface area (Å²) in [5.74, 6) is 0.931. The minimum Gasteiger partial charge on any atom is -0.350 e. The maximum atomic E-state index is 12.3. The Balaban J connectivity index is 1.86. The Morgan fingerprint density at radius 2 is 1.95 bits per heavy atom. The Morgan fingerprint density at radius 3 is 2.60 bits per heavy atom. The Labute approximate surface area is 121 Å². The van der Waals surface area contributed by atoms with Crippen LogP contribution in [0.4, 0.5) is 0 Å². The molecule has 5 heteroatoms. The molecule has 114 valence electrons. The number of nitrogens with one attached hydrogen (secondary N) is 3. The van der Waals surface area contributed by atoms with Gasteiger partial charge < -0.3 is 16.0 Å². The van der Waals surface area contributed by atoms with Gasteiger partial charge in [0.2, 0.25) is 11.8 Å². The molecule has 0 aromatic carbocycles. The van der Waals surface area contributed by atoms with E-state index in [1.165, 1.54) is 12.8 Å². The summed E-state index contributed by atoms with van der Waals surface area (Å²) in [6.45, 7) is 8.47. The predicted octanol–water partition coefficient (Wildman–Crippen LogP) is 0.794. The maximum absolute atomic E-state index is 12.3. The highest BCUT2D eigenvalue weighted by atomic mass is 16.2. The fourth-order valence-corrected chi connectivity index (χ4v) is 3.32. The third kappa shape index (κ3) is 3.51. The highest BCUT2D eigenvalue weighted by Crippen LogP contribution is 2.37. The molecule has 1 heterocycles. The third-order valence-electron chi connectivity index (χ3n) is 4.28. The van der Waals surface area contributed by atoms with Crippen molar-refractivity contribution in [3.05, 3.63) is 0 Å². The van der Waals surface area contributed by atoms with Crippen LogP contribution in [0.1, 0.15) is 47.0 Å². The van der Waals surface area contributed by atoms with Crippen molar-refractivity contribution in [1.82, 2.24) is 16.0 Å².